The van der Waals surface area contributed by atoms with Gasteiger partial charge in [0.05, 0.1) is 12.7 Å². The molecule has 0 bridgehead atoms. The summed E-state index contributed by atoms with van der Waals surface area (Å²) in [5.74, 6) is -1.76. The van der Waals surface area contributed by atoms with E-state index in [1.807, 2.05) is 0 Å². The van der Waals surface area contributed by atoms with Gasteiger partial charge in [-0.1, -0.05) is 6.08 Å². The number of ether oxygens (including phenoxy) is 1. The molecule has 0 aromatic rings. The molecule has 1 aliphatic rings. The van der Waals surface area contributed by atoms with Crippen molar-refractivity contribution in [2.75, 3.05) is 20.7 Å². The molecule has 0 aromatic heterocycles. The fourth-order valence-corrected chi connectivity index (χ4v) is 1.26. The number of hydrogen-bond donors (Lipinski definition) is 1. The van der Waals surface area contributed by atoms with Crippen molar-refractivity contribution in [3.8, 4) is 0 Å². The second kappa shape index (κ2) is 3.95. The van der Waals surface area contributed by atoms with Crippen molar-refractivity contribution in [2.24, 2.45) is 0 Å². The molecule has 5 heteroatoms. The summed E-state index contributed by atoms with van der Waals surface area (Å²) in [7, 11) is 2.83. The molecule has 0 amide bonds. The first-order valence-electron chi connectivity index (χ1n) is 4.01. The van der Waals surface area contributed by atoms with Crippen molar-refractivity contribution in [2.45, 2.75) is 0 Å². The highest BCUT2D eigenvalue weighted by atomic mass is 16.5. The first-order valence-corrected chi connectivity index (χ1v) is 4.01. The molecular weight excluding hydrogens is 186 g/mol. The number of esters is 1. The summed E-state index contributed by atoms with van der Waals surface area (Å²) < 4.78 is 4.48. The molecule has 0 unspecified atom stereocenters. The summed E-state index contributed by atoms with van der Waals surface area (Å²) in [5.41, 5.74) is 0.0492. The Morgan fingerprint density at radius 3 is 2.71 bits per heavy atom. The zero-order chi connectivity index (χ0) is 10.7. The lowest BCUT2D eigenvalue weighted by Crippen LogP contribution is -2.29. The molecule has 0 aliphatic carbocycles. The number of nitrogens with zero attached hydrogens (tertiary/aromatic N) is 1. The van der Waals surface area contributed by atoms with Gasteiger partial charge in [-0.25, -0.2) is 9.59 Å². The Kier molecular flexibility index (Phi) is 2.91. The number of carboxylic acid groups (broad SMARTS) is 1. The van der Waals surface area contributed by atoms with E-state index in [2.05, 4.69) is 4.74 Å². The van der Waals surface area contributed by atoms with E-state index < -0.39 is 11.9 Å². The third-order valence-corrected chi connectivity index (χ3v) is 1.91. The highest BCUT2D eigenvalue weighted by Crippen LogP contribution is 2.16. The molecular formula is C9H11NO4. The maximum absolute atomic E-state index is 11.2. The molecule has 0 atom stereocenters. The van der Waals surface area contributed by atoms with E-state index in [9.17, 15) is 9.59 Å². The monoisotopic (exact) mass is 197 g/mol. The summed E-state index contributed by atoms with van der Waals surface area (Å²) >= 11 is 0. The second-order valence-corrected chi connectivity index (χ2v) is 2.84. The normalized spacial score (nSPS) is 15.7. The number of carboxylic acids is 1. The number of carbonyl (C=O) groups is 2. The van der Waals surface area contributed by atoms with Gasteiger partial charge >= 0.3 is 11.9 Å². The third-order valence-electron chi connectivity index (χ3n) is 1.91. The molecule has 0 saturated heterocycles. The lowest BCUT2D eigenvalue weighted by atomic mass is 10.1. The highest BCUT2D eigenvalue weighted by Gasteiger charge is 2.24. The zero-order valence-corrected chi connectivity index (χ0v) is 7.98. The predicted molar refractivity (Wildman–Crippen MR) is 48.4 cm³/mol. The number of rotatable bonds is 2. The summed E-state index contributed by atoms with van der Waals surface area (Å²) in [4.78, 5) is 23.5. The second-order valence-electron chi connectivity index (χ2n) is 2.84. The van der Waals surface area contributed by atoms with Gasteiger partial charge < -0.3 is 14.7 Å². The lowest BCUT2D eigenvalue weighted by Gasteiger charge is -2.22. The average molecular weight is 197 g/mol. The zero-order valence-electron chi connectivity index (χ0n) is 7.98. The average Bonchev–Trinajstić information content (AvgIpc) is 2.15. The largest absolute Gasteiger partial charge is 0.477 e. The summed E-state index contributed by atoms with van der Waals surface area (Å²) in [6, 6.07) is 0. The van der Waals surface area contributed by atoms with Crippen molar-refractivity contribution in [1.29, 1.82) is 0 Å². The number of likely N-dealkylation sites (N-methyl/N-ethyl adjacent to an activating group) is 1. The Morgan fingerprint density at radius 2 is 2.21 bits per heavy atom. The first-order chi connectivity index (χ1) is 6.57. The minimum Gasteiger partial charge on any atom is -0.477 e. The van der Waals surface area contributed by atoms with Crippen molar-refractivity contribution >= 4 is 11.9 Å². The number of aliphatic carboxylic acids is 1. The molecule has 0 saturated carbocycles. The Bertz CT molecular complexity index is 330. The van der Waals surface area contributed by atoms with Crippen LogP contribution in [0, 0.1) is 0 Å². The van der Waals surface area contributed by atoms with Crippen LogP contribution < -0.4 is 0 Å². The van der Waals surface area contributed by atoms with Crippen LogP contribution in [0.25, 0.3) is 0 Å². The minimum absolute atomic E-state index is 0.0284. The van der Waals surface area contributed by atoms with Gasteiger partial charge in [0.25, 0.3) is 0 Å². The van der Waals surface area contributed by atoms with Crippen LogP contribution in [0.5, 0.6) is 0 Å². The van der Waals surface area contributed by atoms with Crippen molar-refractivity contribution in [3.05, 3.63) is 23.4 Å². The molecule has 5 nitrogen and oxygen atoms in total. The standard InChI is InChI=1S/C9H11NO4/c1-10-5-3-4-6(9(13)14-2)7(10)8(11)12/h3-4H,5H2,1-2H3,(H,11,12). The number of hydrogen-bond acceptors (Lipinski definition) is 4. The molecule has 1 aliphatic heterocycles. The Hall–Kier alpha value is -1.78. The van der Waals surface area contributed by atoms with E-state index in [0.717, 1.165) is 0 Å². The van der Waals surface area contributed by atoms with Crippen LogP contribution in [-0.2, 0) is 14.3 Å². The van der Waals surface area contributed by atoms with E-state index in [1.165, 1.54) is 18.1 Å². The van der Waals surface area contributed by atoms with Crippen LogP contribution in [0.3, 0.4) is 0 Å². The van der Waals surface area contributed by atoms with Gasteiger partial charge in [-0.05, 0) is 6.08 Å². The summed E-state index contributed by atoms with van der Waals surface area (Å²) in [6.45, 7) is 0.474. The molecule has 1 rings (SSSR count). The van der Waals surface area contributed by atoms with E-state index >= 15 is 0 Å². The van der Waals surface area contributed by atoms with E-state index in [4.69, 9.17) is 5.11 Å². The van der Waals surface area contributed by atoms with Gasteiger partial charge in [0, 0.05) is 13.6 Å². The smallest absolute Gasteiger partial charge is 0.353 e. The first kappa shape index (κ1) is 10.3. The third kappa shape index (κ3) is 1.76. The highest BCUT2D eigenvalue weighted by molar-refractivity contribution is 6.01. The molecule has 1 heterocycles. The molecule has 76 valence electrons. The van der Waals surface area contributed by atoms with Gasteiger partial charge in [0.1, 0.15) is 5.70 Å². The SMILES string of the molecule is COC(=O)C1=C(C(=O)O)N(C)CC=C1. The van der Waals surface area contributed by atoms with E-state index in [-0.39, 0.29) is 11.3 Å². The minimum atomic E-state index is -1.13. The van der Waals surface area contributed by atoms with Crippen LogP contribution in [0.15, 0.2) is 23.4 Å². The van der Waals surface area contributed by atoms with Gasteiger partial charge in [-0.15, -0.1) is 0 Å². The topological polar surface area (TPSA) is 66.8 Å². The molecule has 14 heavy (non-hydrogen) atoms. The van der Waals surface area contributed by atoms with E-state index in [0.29, 0.717) is 6.54 Å². The van der Waals surface area contributed by atoms with Crippen LogP contribution in [0.1, 0.15) is 0 Å². The van der Waals surface area contributed by atoms with Crippen LogP contribution in [0.4, 0.5) is 0 Å². The summed E-state index contributed by atoms with van der Waals surface area (Å²) in [6.07, 6.45) is 3.17. The Labute approximate surface area is 81.3 Å². The van der Waals surface area contributed by atoms with Gasteiger partial charge in [0.15, 0.2) is 0 Å². The lowest BCUT2D eigenvalue weighted by molar-refractivity contribution is -0.138. The molecule has 0 fully saturated rings. The van der Waals surface area contributed by atoms with Crippen LogP contribution in [-0.4, -0.2) is 42.6 Å². The molecule has 0 aromatic carbocycles. The molecule has 0 spiro atoms. The van der Waals surface area contributed by atoms with Gasteiger partial charge in [-0.2, -0.15) is 0 Å². The van der Waals surface area contributed by atoms with Gasteiger partial charge in [-0.3, -0.25) is 0 Å². The molecule has 0 radical (unpaired) electrons. The maximum atomic E-state index is 11.2. The quantitative estimate of drug-likeness (QED) is 0.631. The Morgan fingerprint density at radius 1 is 1.57 bits per heavy atom. The van der Waals surface area contributed by atoms with Gasteiger partial charge in [0.2, 0.25) is 0 Å². The van der Waals surface area contributed by atoms with Crippen LogP contribution >= 0.6 is 0 Å². The van der Waals surface area contributed by atoms with Crippen molar-refractivity contribution in [3.63, 3.8) is 0 Å². The van der Waals surface area contributed by atoms with E-state index in [1.54, 1.807) is 13.1 Å². The Balaban J connectivity index is 3.16. The molecule has 1 N–H and O–H groups in total. The fraction of sp³-hybridized carbons (Fsp3) is 0.333. The van der Waals surface area contributed by atoms with Crippen LogP contribution in [0.2, 0.25) is 0 Å². The van der Waals surface area contributed by atoms with Crippen molar-refractivity contribution < 1.29 is 19.4 Å². The number of methoxy groups -OCH3 is 1. The number of carbonyl (C=O) groups excluding carboxylic acids is 1. The summed E-state index contributed by atoms with van der Waals surface area (Å²) in [5, 5.41) is 8.88. The van der Waals surface area contributed by atoms with Crippen molar-refractivity contribution in [1.82, 2.24) is 4.90 Å². The fourth-order valence-electron chi connectivity index (χ4n) is 1.26. The maximum Gasteiger partial charge on any atom is 0.353 e. The predicted octanol–water partition coefficient (Wildman–Crippen LogP) is -0.000300.